The average molecular weight is 161 g/mol. The number of hydrogen-bond acceptors (Lipinski definition) is 1. The summed E-state index contributed by atoms with van der Waals surface area (Å²) in [6, 6.07) is 10.1. The van der Waals surface area contributed by atoms with Crippen molar-refractivity contribution in [2.45, 2.75) is 12.3 Å². The maximum atomic E-state index is 10.8. The Labute approximate surface area is 71.4 Å². The molecule has 0 spiro atoms. The normalized spacial score (nSPS) is 26.7. The lowest BCUT2D eigenvalue weighted by Crippen LogP contribution is -2.13. The minimum absolute atomic E-state index is 0.0902. The van der Waals surface area contributed by atoms with Crippen molar-refractivity contribution in [1.29, 1.82) is 0 Å². The summed E-state index contributed by atoms with van der Waals surface area (Å²) in [5, 5.41) is 0. The number of carbonyl (C=O) groups excluding carboxylic acids is 1. The molecule has 1 aliphatic rings. The Morgan fingerprint density at radius 2 is 2.00 bits per heavy atom. The average Bonchev–Trinajstić information content (AvgIpc) is 2.84. The molecule has 2 heteroatoms. The maximum absolute atomic E-state index is 10.8. The zero-order valence-corrected chi connectivity index (χ0v) is 6.73. The van der Waals surface area contributed by atoms with E-state index < -0.39 is 0 Å². The van der Waals surface area contributed by atoms with E-state index in [0.717, 1.165) is 6.42 Å². The Hall–Kier alpha value is -1.31. The monoisotopic (exact) mass is 161 g/mol. The fourth-order valence-corrected chi connectivity index (χ4v) is 1.58. The largest absolute Gasteiger partial charge is 0.369 e. The van der Waals surface area contributed by atoms with Crippen molar-refractivity contribution in [3.8, 4) is 0 Å². The number of benzene rings is 1. The van der Waals surface area contributed by atoms with Crippen molar-refractivity contribution in [3.05, 3.63) is 35.9 Å². The van der Waals surface area contributed by atoms with E-state index >= 15 is 0 Å². The highest BCUT2D eigenvalue weighted by Gasteiger charge is 2.42. The van der Waals surface area contributed by atoms with Gasteiger partial charge in [0.25, 0.3) is 0 Å². The van der Waals surface area contributed by atoms with Crippen molar-refractivity contribution >= 4 is 5.91 Å². The van der Waals surface area contributed by atoms with E-state index in [2.05, 4.69) is 0 Å². The summed E-state index contributed by atoms with van der Waals surface area (Å²) in [6.45, 7) is 0. The van der Waals surface area contributed by atoms with Crippen LogP contribution in [0.4, 0.5) is 0 Å². The van der Waals surface area contributed by atoms with Gasteiger partial charge < -0.3 is 5.73 Å². The number of primary amides is 1. The van der Waals surface area contributed by atoms with Crippen LogP contribution in [-0.4, -0.2) is 5.91 Å². The zero-order chi connectivity index (χ0) is 8.55. The van der Waals surface area contributed by atoms with Gasteiger partial charge in [0.2, 0.25) is 5.91 Å². The quantitative estimate of drug-likeness (QED) is 0.697. The van der Waals surface area contributed by atoms with Crippen molar-refractivity contribution in [1.82, 2.24) is 0 Å². The molecule has 1 aromatic carbocycles. The molecule has 0 unspecified atom stereocenters. The minimum atomic E-state index is -0.163. The Bertz CT molecular complexity index is 294. The first kappa shape index (κ1) is 7.35. The molecule has 0 aromatic heterocycles. The Morgan fingerprint density at radius 1 is 1.33 bits per heavy atom. The molecule has 2 N–H and O–H groups in total. The van der Waals surface area contributed by atoms with Crippen molar-refractivity contribution in [2.24, 2.45) is 11.7 Å². The molecule has 1 saturated carbocycles. The number of rotatable bonds is 2. The second kappa shape index (κ2) is 2.63. The van der Waals surface area contributed by atoms with Gasteiger partial charge in [-0.1, -0.05) is 30.3 Å². The van der Waals surface area contributed by atoms with Crippen LogP contribution in [0.25, 0.3) is 0 Å². The highest BCUT2D eigenvalue weighted by atomic mass is 16.1. The van der Waals surface area contributed by atoms with Gasteiger partial charge >= 0.3 is 0 Å². The second-order valence-corrected chi connectivity index (χ2v) is 3.26. The van der Waals surface area contributed by atoms with Crippen molar-refractivity contribution < 1.29 is 4.79 Å². The van der Waals surface area contributed by atoms with Gasteiger partial charge in [-0.15, -0.1) is 0 Å². The van der Waals surface area contributed by atoms with E-state index in [1.54, 1.807) is 0 Å². The van der Waals surface area contributed by atoms with Gasteiger partial charge in [-0.2, -0.15) is 0 Å². The summed E-state index contributed by atoms with van der Waals surface area (Å²) in [5.41, 5.74) is 6.42. The fraction of sp³-hybridized carbons (Fsp3) is 0.300. The van der Waals surface area contributed by atoms with E-state index in [9.17, 15) is 4.79 Å². The first-order chi connectivity index (χ1) is 5.79. The summed E-state index contributed by atoms with van der Waals surface area (Å²) < 4.78 is 0. The highest BCUT2D eigenvalue weighted by Crippen LogP contribution is 2.46. The molecule has 0 saturated heterocycles. The molecule has 1 aliphatic carbocycles. The molecular weight excluding hydrogens is 150 g/mol. The van der Waals surface area contributed by atoms with Gasteiger partial charge in [-0.05, 0) is 17.9 Å². The first-order valence-corrected chi connectivity index (χ1v) is 4.13. The molecule has 0 aliphatic heterocycles. The molecule has 0 heterocycles. The summed E-state index contributed by atoms with van der Waals surface area (Å²) in [4.78, 5) is 10.8. The number of hydrogen-bond donors (Lipinski definition) is 1. The SMILES string of the molecule is NC(=O)[C@@H]1C[C@H]1c1ccccc1. The van der Waals surface area contributed by atoms with Crippen LogP contribution in [0.15, 0.2) is 30.3 Å². The lowest BCUT2D eigenvalue weighted by molar-refractivity contribution is -0.119. The van der Waals surface area contributed by atoms with Crippen LogP contribution in [0.3, 0.4) is 0 Å². The molecular formula is C10H11NO. The third-order valence-corrected chi connectivity index (χ3v) is 2.38. The van der Waals surface area contributed by atoms with Crippen molar-refractivity contribution in [3.63, 3.8) is 0 Å². The molecule has 2 rings (SSSR count). The van der Waals surface area contributed by atoms with E-state index in [0.29, 0.717) is 5.92 Å². The first-order valence-electron chi connectivity index (χ1n) is 4.13. The van der Waals surface area contributed by atoms with E-state index in [-0.39, 0.29) is 11.8 Å². The van der Waals surface area contributed by atoms with Crippen LogP contribution in [0, 0.1) is 5.92 Å². The van der Waals surface area contributed by atoms with Gasteiger partial charge in [0, 0.05) is 5.92 Å². The smallest absolute Gasteiger partial charge is 0.221 e. The van der Waals surface area contributed by atoms with Crippen LogP contribution in [0.2, 0.25) is 0 Å². The van der Waals surface area contributed by atoms with Gasteiger partial charge in [0.05, 0.1) is 0 Å². The fourth-order valence-electron chi connectivity index (χ4n) is 1.58. The molecule has 1 fully saturated rings. The minimum Gasteiger partial charge on any atom is -0.369 e. The van der Waals surface area contributed by atoms with Crippen molar-refractivity contribution in [2.75, 3.05) is 0 Å². The van der Waals surface area contributed by atoms with Gasteiger partial charge in [-0.25, -0.2) is 0 Å². The van der Waals surface area contributed by atoms with E-state index in [4.69, 9.17) is 5.73 Å². The van der Waals surface area contributed by atoms with Gasteiger partial charge in [0.15, 0.2) is 0 Å². The molecule has 1 amide bonds. The van der Waals surface area contributed by atoms with Crippen LogP contribution in [-0.2, 0) is 4.79 Å². The Balaban J connectivity index is 2.11. The molecule has 0 radical (unpaired) electrons. The summed E-state index contributed by atoms with van der Waals surface area (Å²) >= 11 is 0. The highest BCUT2D eigenvalue weighted by molar-refractivity contribution is 5.81. The number of nitrogens with two attached hydrogens (primary N) is 1. The summed E-state index contributed by atoms with van der Waals surface area (Å²) in [6.07, 6.45) is 0.930. The number of carbonyl (C=O) groups is 1. The summed E-state index contributed by atoms with van der Waals surface area (Å²) in [7, 11) is 0. The van der Waals surface area contributed by atoms with Gasteiger partial charge in [0.1, 0.15) is 0 Å². The topological polar surface area (TPSA) is 43.1 Å². The molecule has 2 atom stereocenters. The molecule has 2 nitrogen and oxygen atoms in total. The molecule has 12 heavy (non-hydrogen) atoms. The van der Waals surface area contributed by atoms with E-state index in [1.165, 1.54) is 5.56 Å². The Morgan fingerprint density at radius 3 is 2.50 bits per heavy atom. The third kappa shape index (κ3) is 1.20. The van der Waals surface area contributed by atoms with Crippen LogP contribution in [0.1, 0.15) is 17.9 Å². The standard InChI is InChI=1S/C10H11NO/c11-10(12)9-6-8(9)7-4-2-1-3-5-7/h1-5,8-9H,6H2,(H2,11,12)/t8-,9+/m0/s1. The van der Waals surface area contributed by atoms with Gasteiger partial charge in [-0.3, -0.25) is 4.79 Å². The predicted molar refractivity (Wildman–Crippen MR) is 46.5 cm³/mol. The lowest BCUT2D eigenvalue weighted by atomic mass is 10.1. The zero-order valence-electron chi connectivity index (χ0n) is 6.73. The lowest BCUT2D eigenvalue weighted by Gasteiger charge is -1.95. The predicted octanol–water partition coefficient (Wildman–Crippen LogP) is 1.28. The second-order valence-electron chi connectivity index (χ2n) is 3.26. The van der Waals surface area contributed by atoms with Crippen LogP contribution >= 0.6 is 0 Å². The molecule has 62 valence electrons. The molecule has 1 aromatic rings. The Kier molecular flexibility index (Phi) is 1.61. The van der Waals surface area contributed by atoms with E-state index in [1.807, 2.05) is 30.3 Å². The third-order valence-electron chi connectivity index (χ3n) is 2.38. The molecule has 0 bridgehead atoms. The van der Waals surface area contributed by atoms with Crippen LogP contribution < -0.4 is 5.73 Å². The summed E-state index contributed by atoms with van der Waals surface area (Å²) in [5.74, 6) is 0.319. The van der Waals surface area contributed by atoms with Crippen LogP contribution in [0.5, 0.6) is 0 Å². The number of amides is 1. The maximum Gasteiger partial charge on any atom is 0.221 e.